The zero-order chi connectivity index (χ0) is 22.5. The molecule has 1 aliphatic carbocycles. The third kappa shape index (κ3) is 5.42. The first kappa shape index (κ1) is 21.8. The normalized spacial score (nSPS) is 13.9. The average molecular weight is 428 g/mol. The Bertz CT molecular complexity index is 1110. The van der Waals surface area contributed by atoms with Gasteiger partial charge >= 0.3 is 0 Å². The van der Waals surface area contributed by atoms with Crippen LogP contribution in [-0.2, 0) is 4.79 Å². The third-order valence-electron chi connectivity index (χ3n) is 5.82. The Kier molecular flexibility index (Phi) is 6.66. The molecule has 0 spiro atoms. The predicted molar refractivity (Wildman–Crippen MR) is 128 cm³/mol. The van der Waals surface area contributed by atoms with Crippen LogP contribution in [0.25, 0.3) is 0 Å². The molecule has 1 atom stereocenters. The Morgan fingerprint density at radius 3 is 2.31 bits per heavy atom. The van der Waals surface area contributed by atoms with E-state index in [1.807, 2.05) is 24.3 Å². The molecule has 4 rings (SSSR count). The highest BCUT2D eigenvalue weighted by molar-refractivity contribution is 6.04. The van der Waals surface area contributed by atoms with Crippen LogP contribution in [0.5, 0.6) is 0 Å². The van der Waals surface area contributed by atoms with Gasteiger partial charge in [-0.1, -0.05) is 60.7 Å². The Morgan fingerprint density at radius 2 is 1.59 bits per heavy atom. The van der Waals surface area contributed by atoms with Crippen molar-refractivity contribution in [1.82, 2.24) is 10.6 Å². The topological polar surface area (TPSA) is 70.2 Å². The fraction of sp³-hybridized carbons (Fsp3) is 0.259. The molecule has 5 nitrogen and oxygen atoms in total. The molecule has 1 fully saturated rings. The van der Waals surface area contributed by atoms with Gasteiger partial charge in [0.25, 0.3) is 5.91 Å². The van der Waals surface area contributed by atoms with Gasteiger partial charge in [0, 0.05) is 6.04 Å². The Balaban J connectivity index is 1.47. The molecule has 0 radical (unpaired) electrons. The van der Waals surface area contributed by atoms with Gasteiger partial charge in [0.2, 0.25) is 5.91 Å². The highest BCUT2D eigenvalue weighted by Gasteiger charge is 2.25. The lowest BCUT2D eigenvalue weighted by Gasteiger charge is -2.21. The van der Waals surface area contributed by atoms with Gasteiger partial charge < -0.3 is 10.6 Å². The summed E-state index contributed by atoms with van der Waals surface area (Å²) in [6, 6.07) is 23.7. The van der Waals surface area contributed by atoms with Crippen molar-refractivity contribution in [3.8, 4) is 0 Å². The van der Waals surface area contributed by atoms with Crippen LogP contribution < -0.4 is 16.0 Å². The maximum Gasteiger partial charge on any atom is 0.253 e. The van der Waals surface area contributed by atoms with Crippen LogP contribution >= 0.6 is 0 Å². The molecule has 3 aromatic rings. The van der Waals surface area contributed by atoms with E-state index >= 15 is 0 Å². The highest BCUT2D eigenvalue weighted by Crippen LogP contribution is 2.24. The standard InChI is InChI=1S/C27H29N3O2/c1-18-12-13-21(16-19(18)2)26(20-8-4-3-5-9-20)28-17-25(31)30-24-11-7-6-10-23(24)27(32)29-22-14-15-22/h3-13,16,22,26,28H,14-15,17H2,1-2H3,(H,29,32)(H,30,31)/t26-/m1/s1. The van der Waals surface area contributed by atoms with Gasteiger partial charge in [0.15, 0.2) is 0 Å². The van der Waals surface area contributed by atoms with E-state index < -0.39 is 0 Å². The van der Waals surface area contributed by atoms with E-state index in [0.717, 1.165) is 24.0 Å². The molecule has 0 saturated heterocycles. The van der Waals surface area contributed by atoms with Crippen LogP contribution in [0.4, 0.5) is 5.69 Å². The molecule has 0 aromatic heterocycles. The van der Waals surface area contributed by atoms with Crippen molar-refractivity contribution >= 4 is 17.5 Å². The third-order valence-corrected chi connectivity index (χ3v) is 5.82. The Hall–Kier alpha value is -3.44. The Labute approximate surface area is 189 Å². The number of carbonyl (C=O) groups is 2. The molecule has 3 N–H and O–H groups in total. The smallest absolute Gasteiger partial charge is 0.253 e. The number of nitrogens with one attached hydrogen (secondary N) is 3. The largest absolute Gasteiger partial charge is 0.349 e. The molecule has 32 heavy (non-hydrogen) atoms. The van der Waals surface area contributed by atoms with Crippen LogP contribution in [0.2, 0.25) is 0 Å². The lowest BCUT2D eigenvalue weighted by Crippen LogP contribution is -2.33. The maximum absolute atomic E-state index is 12.8. The second-order valence-electron chi connectivity index (χ2n) is 8.41. The number of amides is 2. The molecule has 0 heterocycles. The fourth-order valence-electron chi connectivity index (χ4n) is 3.69. The molecular formula is C27H29N3O2. The fourth-order valence-corrected chi connectivity index (χ4v) is 3.69. The number of benzene rings is 3. The lowest BCUT2D eigenvalue weighted by atomic mass is 9.95. The van der Waals surface area contributed by atoms with E-state index in [1.165, 1.54) is 11.1 Å². The van der Waals surface area contributed by atoms with Crippen molar-refractivity contribution < 1.29 is 9.59 Å². The van der Waals surface area contributed by atoms with Crippen LogP contribution in [0.1, 0.15) is 51.5 Å². The minimum Gasteiger partial charge on any atom is -0.349 e. The monoisotopic (exact) mass is 427 g/mol. The summed E-state index contributed by atoms with van der Waals surface area (Å²) in [5, 5.41) is 9.28. The maximum atomic E-state index is 12.8. The summed E-state index contributed by atoms with van der Waals surface area (Å²) in [7, 11) is 0. The molecule has 5 heteroatoms. The number of carbonyl (C=O) groups excluding carboxylic acids is 2. The quantitative estimate of drug-likeness (QED) is 0.495. The van der Waals surface area contributed by atoms with E-state index in [-0.39, 0.29) is 30.4 Å². The van der Waals surface area contributed by atoms with Crippen LogP contribution in [-0.4, -0.2) is 24.4 Å². The zero-order valence-corrected chi connectivity index (χ0v) is 18.5. The first-order valence-corrected chi connectivity index (χ1v) is 11.1. The van der Waals surface area contributed by atoms with Crippen LogP contribution in [0, 0.1) is 13.8 Å². The van der Waals surface area contributed by atoms with E-state index in [0.29, 0.717) is 11.3 Å². The van der Waals surface area contributed by atoms with Crippen molar-refractivity contribution in [2.45, 2.75) is 38.8 Å². The van der Waals surface area contributed by atoms with E-state index in [2.05, 4.69) is 60.1 Å². The van der Waals surface area contributed by atoms with Crippen molar-refractivity contribution in [2.75, 3.05) is 11.9 Å². The molecule has 1 aliphatic rings. The highest BCUT2D eigenvalue weighted by atomic mass is 16.2. The summed E-state index contributed by atoms with van der Waals surface area (Å²) >= 11 is 0. The van der Waals surface area contributed by atoms with Crippen molar-refractivity contribution in [3.63, 3.8) is 0 Å². The van der Waals surface area contributed by atoms with Crippen molar-refractivity contribution in [3.05, 3.63) is 101 Å². The number of aryl methyl sites for hydroxylation is 2. The molecule has 0 aliphatic heterocycles. The molecule has 1 saturated carbocycles. The molecular weight excluding hydrogens is 398 g/mol. The molecule has 0 unspecified atom stereocenters. The van der Waals surface area contributed by atoms with Crippen LogP contribution in [0.15, 0.2) is 72.8 Å². The zero-order valence-electron chi connectivity index (χ0n) is 18.5. The lowest BCUT2D eigenvalue weighted by molar-refractivity contribution is -0.115. The second-order valence-corrected chi connectivity index (χ2v) is 8.41. The van der Waals surface area contributed by atoms with E-state index in [9.17, 15) is 9.59 Å². The van der Waals surface area contributed by atoms with Gasteiger partial charge in [0.05, 0.1) is 23.8 Å². The van der Waals surface area contributed by atoms with Crippen molar-refractivity contribution in [1.29, 1.82) is 0 Å². The molecule has 3 aromatic carbocycles. The summed E-state index contributed by atoms with van der Waals surface area (Å²) in [5.41, 5.74) is 5.66. The number of hydrogen-bond donors (Lipinski definition) is 3. The van der Waals surface area contributed by atoms with E-state index in [1.54, 1.807) is 18.2 Å². The van der Waals surface area contributed by atoms with Gasteiger partial charge in [0.1, 0.15) is 0 Å². The molecule has 164 valence electrons. The number of rotatable bonds is 8. The first-order chi connectivity index (χ1) is 15.5. The first-order valence-electron chi connectivity index (χ1n) is 11.1. The summed E-state index contributed by atoms with van der Waals surface area (Å²) in [6.07, 6.45) is 2.03. The van der Waals surface area contributed by atoms with Gasteiger partial charge in [-0.3, -0.25) is 14.9 Å². The van der Waals surface area contributed by atoms with Gasteiger partial charge in [-0.2, -0.15) is 0 Å². The molecule has 0 bridgehead atoms. The minimum atomic E-state index is -0.193. The SMILES string of the molecule is Cc1ccc([C@H](NCC(=O)Nc2ccccc2C(=O)NC2CC2)c2ccccc2)cc1C. The van der Waals surface area contributed by atoms with Gasteiger partial charge in [-0.15, -0.1) is 0 Å². The number of hydrogen-bond acceptors (Lipinski definition) is 3. The number of anilines is 1. The number of para-hydroxylation sites is 1. The van der Waals surface area contributed by atoms with Gasteiger partial charge in [-0.05, 0) is 61.1 Å². The molecule has 2 amide bonds. The second kappa shape index (κ2) is 9.79. The predicted octanol–water partition coefficient (Wildman–Crippen LogP) is 4.51. The summed E-state index contributed by atoms with van der Waals surface area (Å²) in [5.74, 6) is -0.338. The average Bonchev–Trinajstić information content (AvgIpc) is 3.61. The van der Waals surface area contributed by atoms with Gasteiger partial charge in [-0.25, -0.2) is 0 Å². The summed E-state index contributed by atoms with van der Waals surface area (Å²) in [4.78, 5) is 25.3. The van der Waals surface area contributed by atoms with Crippen molar-refractivity contribution in [2.24, 2.45) is 0 Å². The minimum absolute atomic E-state index is 0.116. The Morgan fingerprint density at radius 1 is 0.875 bits per heavy atom. The summed E-state index contributed by atoms with van der Waals surface area (Å²) < 4.78 is 0. The van der Waals surface area contributed by atoms with Crippen LogP contribution in [0.3, 0.4) is 0 Å². The summed E-state index contributed by atoms with van der Waals surface area (Å²) in [6.45, 7) is 4.30. The van der Waals surface area contributed by atoms with E-state index in [4.69, 9.17) is 0 Å².